The van der Waals surface area contributed by atoms with Crippen LogP contribution in [-0.4, -0.2) is 101 Å². The molecule has 21 nitrogen and oxygen atoms in total. The maximum Gasteiger partial charge on any atom is 0.444 e. The molecular weight excluding hydrogens is 1100 g/mol. The Hall–Kier alpha value is -3.07. The van der Waals surface area contributed by atoms with Crippen molar-refractivity contribution in [3.63, 3.8) is 0 Å². The summed E-state index contributed by atoms with van der Waals surface area (Å²) in [4.78, 5) is 96.6. The lowest BCUT2D eigenvalue weighted by Crippen LogP contribution is -2.33. The number of H-pyrrole nitrogens is 1. The molecule has 3 N–H and O–H groups in total. The van der Waals surface area contributed by atoms with Gasteiger partial charge in [0.2, 0.25) is 0 Å². The van der Waals surface area contributed by atoms with Gasteiger partial charge < -0.3 is 47.1 Å². The van der Waals surface area contributed by atoms with E-state index in [4.69, 9.17) is 28.2 Å². The van der Waals surface area contributed by atoms with E-state index in [-0.39, 0.29) is 37.9 Å². The minimum atomic E-state index is -6.56. The normalized spacial score (nSPS) is 17.3. The highest BCUT2D eigenvalue weighted by Crippen LogP contribution is 2.79. The SMILES string of the molecule is [BH3-]P(=O)(OCC1CCC(n2cc(C)c(=O)[nH]c2=O)O1)OP(=O)(O)C(F)(F)P(=O)(O)OCCOC(=O)CCC(=O)OCC(COC(=O)CCCCCCCCCCCCCCC)OC(=O)CCCCCCCCCCCCCCC. The summed E-state index contributed by atoms with van der Waals surface area (Å²) < 4.78 is 110. The molecule has 0 saturated carbocycles. The first kappa shape index (κ1) is 72.0. The van der Waals surface area contributed by atoms with Gasteiger partial charge in [-0.05, 0) is 32.6 Å². The number of hydrogen-bond donors (Lipinski definition) is 3. The van der Waals surface area contributed by atoms with Gasteiger partial charge in [-0.15, -0.1) is 0 Å². The third-order valence-corrected chi connectivity index (χ3v) is 18.2. The van der Waals surface area contributed by atoms with E-state index in [0.717, 1.165) is 55.9 Å². The molecule has 0 bridgehead atoms. The van der Waals surface area contributed by atoms with Crippen molar-refractivity contribution < 1.29 is 88.5 Å². The van der Waals surface area contributed by atoms with E-state index in [9.17, 15) is 52.2 Å². The van der Waals surface area contributed by atoms with Crippen molar-refractivity contribution in [1.82, 2.24) is 9.55 Å². The molecule has 1 aromatic heterocycles. The van der Waals surface area contributed by atoms with Gasteiger partial charge in [0, 0.05) is 24.6 Å². The number of rotatable bonds is 48. The van der Waals surface area contributed by atoms with Gasteiger partial charge in [-0.25, -0.2) is 4.79 Å². The number of aryl methyl sites for hydroxylation is 1. The van der Waals surface area contributed by atoms with Gasteiger partial charge in [0.05, 0.1) is 39.7 Å². The molecule has 0 aromatic carbocycles. The maximum absolute atomic E-state index is 15.1. The molecule has 27 heteroatoms. The number of carbonyl (C=O) groups is 4. The van der Waals surface area contributed by atoms with Crippen LogP contribution in [0.1, 0.15) is 231 Å². The number of aromatic nitrogens is 2. The first-order valence-corrected chi connectivity index (χ1v) is 32.6. The Balaban J connectivity index is 1.78. The zero-order valence-electron chi connectivity index (χ0n) is 46.4. The minimum absolute atomic E-state index is 0.117. The summed E-state index contributed by atoms with van der Waals surface area (Å²) in [6.07, 6.45) is 27.7. The predicted molar refractivity (Wildman–Crippen MR) is 297 cm³/mol. The molecule has 1 aromatic rings. The summed E-state index contributed by atoms with van der Waals surface area (Å²) in [5.41, 5.74) is -1.14. The second kappa shape index (κ2) is 40.2. The number of unbranched alkanes of at least 4 members (excludes halogenated alkanes) is 24. The molecule has 2 heterocycles. The third kappa shape index (κ3) is 31.3. The summed E-state index contributed by atoms with van der Waals surface area (Å²) in [7, 11) is -19.4. The fraction of sp³-hybridized carbons (Fsp3) is 0.846. The van der Waals surface area contributed by atoms with Crippen molar-refractivity contribution in [2.75, 3.05) is 33.0 Å². The highest BCUT2D eigenvalue weighted by molar-refractivity contribution is 7.86. The Bertz CT molecular complexity index is 2200. The minimum Gasteiger partial charge on any atom is -0.463 e. The number of esters is 4. The number of ether oxygens (including phenoxy) is 5. The number of nitrogens with one attached hydrogen (secondary N) is 1. The zero-order valence-corrected chi connectivity index (χ0v) is 49.0. The van der Waals surface area contributed by atoms with Gasteiger partial charge in [-0.3, -0.25) is 47.0 Å². The summed E-state index contributed by atoms with van der Waals surface area (Å²) >= 11 is 0. The molecule has 6 unspecified atom stereocenters. The molecular formula is C52H93BF2N2O19P3-. The number of hydrogen-bond acceptors (Lipinski definition) is 17. The van der Waals surface area contributed by atoms with E-state index in [1.807, 2.05) is 0 Å². The van der Waals surface area contributed by atoms with Crippen LogP contribution in [0.3, 0.4) is 0 Å². The van der Waals surface area contributed by atoms with E-state index in [1.54, 1.807) is 0 Å². The first-order valence-electron chi connectivity index (χ1n) is 28.3. The molecule has 0 spiro atoms. The largest absolute Gasteiger partial charge is 0.463 e. The van der Waals surface area contributed by atoms with Crippen LogP contribution >= 0.6 is 22.7 Å². The van der Waals surface area contributed by atoms with Crippen molar-refractivity contribution in [2.45, 2.75) is 250 Å². The van der Waals surface area contributed by atoms with E-state index < -0.39 is 128 Å². The van der Waals surface area contributed by atoms with Gasteiger partial charge in [-0.2, -0.15) is 8.78 Å². The monoisotopic (exact) mass is 1190 g/mol. The molecule has 1 aliphatic rings. The van der Waals surface area contributed by atoms with E-state index >= 15 is 8.78 Å². The smallest absolute Gasteiger partial charge is 0.444 e. The van der Waals surface area contributed by atoms with Gasteiger partial charge in [0.15, 0.2) is 13.6 Å². The van der Waals surface area contributed by atoms with E-state index in [2.05, 4.69) is 27.7 Å². The fourth-order valence-corrected chi connectivity index (χ4v) is 12.3. The lowest BCUT2D eigenvalue weighted by Gasteiger charge is -2.29. The van der Waals surface area contributed by atoms with Gasteiger partial charge in [0.1, 0.15) is 26.0 Å². The predicted octanol–water partition coefficient (Wildman–Crippen LogP) is 11.3. The number of nitrogens with zero attached hydrogens (tertiary/aromatic N) is 1. The lowest BCUT2D eigenvalue weighted by atomic mass is 10.0. The van der Waals surface area contributed by atoms with Crippen LogP contribution in [0.2, 0.25) is 0 Å². The number of alkyl halides is 2. The summed E-state index contributed by atoms with van der Waals surface area (Å²) in [5, 5.41) is -5.53. The Kier molecular flexibility index (Phi) is 36.7. The van der Waals surface area contributed by atoms with E-state index in [0.29, 0.717) is 12.8 Å². The van der Waals surface area contributed by atoms with Crippen LogP contribution in [0, 0.1) is 6.92 Å². The van der Waals surface area contributed by atoms with Crippen LogP contribution in [0.15, 0.2) is 15.8 Å². The zero-order chi connectivity index (χ0) is 58.6. The van der Waals surface area contributed by atoms with Crippen LogP contribution in [0.4, 0.5) is 8.78 Å². The molecule has 6 atom stereocenters. The molecule has 458 valence electrons. The highest BCUT2D eigenvalue weighted by Gasteiger charge is 2.67. The Labute approximate surface area is 466 Å². The number of aromatic amines is 1. The van der Waals surface area contributed by atoms with Crippen molar-refractivity contribution in [3.05, 3.63) is 32.6 Å². The molecule has 0 amide bonds. The molecule has 1 aliphatic heterocycles. The lowest BCUT2D eigenvalue weighted by molar-refractivity contribution is -0.167. The van der Waals surface area contributed by atoms with Crippen molar-refractivity contribution in [3.8, 4) is 0 Å². The molecule has 0 radical (unpaired) electrons. The second-order valence-electron chi connectivity index (χ2n) is 19.9. The Morgan fingerprint density at radius 2 is 1.08 bits per heavy atom. The summed E-state index contributed by atoms with van der Waals surface area (Å²) in [6.45, 7) is 2.35. The number of halogens is 2. The molecule has 79 heavy (non-hydrogen) atoms. The topological polar surface area (TPSA) is 289 Å². The second-order valence-corrected chi connectivity index (χ2v) is 25.1. The van der Waals surface area contributed by atoms with Crippen molar-refractivity contribution in [1.29, 1.82) is 0 Å². The highest BCUT2D eigenvalue weighted by atomic mass is 31.3. The van der Waals surface area contributed by atoms with Gasteiger partial charge >= 0.3 is 50.2 Å². The van der Waals surface area contributed by atoms with Crippen LogP contribution < -0.4 is 11.2 Å². The third-order valence-electron chi connectivity index (χ3n) is 13.0. The van der Waals surface area contributed by atoms with Crippen LogP contribution in [-0.2, 0) is 69.9 Å². The van der Waals surface area contributed by atoms with Crippen molar-refractivity contribution >= 4 is 54.1 Å². The molecule has 1 fully saturated rings. The average Bonchev–Trinajstić information content (AvgIpc) is 3.97. The Morgan fingerprint density at radius 1 is 0.646 bits per heavy atom. The van der Waals surface area contributed by atoms with Gasteiger partial charge in [0.25, 0.3) is 5.56 Å². The quantitative estimate of drug-likeness (QED) is 0.0180. The molecule has 2 rings (SSSR count). The Morgan fingerprint density at radius 3 is 1.56 bits per heavy atom. The van der Waals surface area contributed by atoms with Gasteiger partial charge in [-0.1, -0.05) is 168 Å². The first-order chi connectivity index (χ1) is 37.5. The average molecular weight is 1190 g/mol. The summed E-state index contributed by atoms with van der Waals surface area (Å²) in [5.74, 6) is -3.05. The summed E-state index contributed by atoms with van der Waals surface area (Å²) in [6, 6.07) is 0. The fourth-order valence-electron chi connectivity index (χ4n) is 8.40. The number of carbonyl (C=O) groups excluding carboxylic acids is 4. The standard InChI is InChI=1S/C52H93BF2N2O19P3/c1-4-6-8-10-12-14-16-18-20-22-24-26-28-30-46(58)70-39-44(75-49(61)31-29-27-25-23-21-19-17-15-13-11-9-7-5-2)40-71-48(60)35-34-47(59)69-36-37-72-77(64,65)52(54,55)78(66,67)76-79(53,68)73-41-43-32-33-45(74-43)57-38-42(3)50(62)56-51(57)63/h38,43-45H,4-37,39-41H2,1-3,53H3,(H,64,65)(H,66,67)(H,56,62,63)/q-1. The maximum atomic E-state index is 15.1. The molecule has 1 saturated heterocycles. The van der Waals surface area contributed by atoms with Crippen LogP contribution in [0.25, 0.3) is 0 Å². The molecule has 0 aliphatic carbocycles. The van der Waals surface area contributed by atoms with Crippen molar-refractivity contribution in [2.24, 2.45) is 0 Å². The van der Waals surface area contributed by atoms with E-state index in [1.165, 1.54) is 116 Å². The van der Waals surface area contributed by atoms with Crippen LogP contribution in [0.5, 0.6) is 0 Å².